The summed E-state index contributed by atoms with van der Waals surface area (Å²) < 4.78 is 1.25. The van der Waals surface area contributed by atoms with Crippen molar-refractivity contribution in [2.75, 3.05) is 6.54 Å². The number of hydrogen-bond donors (Lipinski definition) is 1. The monoisotopic (exact) mass is 339 g/mol. The molecule has 1 unspecified atom stereocenters. The van der Waals surface area contributed by atoms with E-state index in [-0.39, 0.29) is 0 Å². The molecular formula is C18H30BrN. The van der Waals surface area contributed by atoms with Crippen LogP contribution in [0.3, 0.4) is 0 Å². The molecule has 0 aliphatic heterocycles. The van der Waals surface area contributed by atoms with Gasteiger partial charge in [0.25, 0.3) is 0 Å². The fourth-order valence-electron chi connectivity index (χ4n) is 2.47. The second kappa shape index (κ2) is 9.57. The molecule has 0 saturated carbocycles. The fourth-order valence-corrected chi connectivity index (χ4v) is 2.92. The molecule has 1 atom stereocenters. The average Bonchev–Trinajstić information content (AvgIpc) is 2.37. The first-order valence-electron chi connectivity index (χ1n) is 7.95. The van der Waals surface area contributed by atoms with E-state index in [9.17, 15) is 0 Å². The molecule has 0 aromatic heterocycles. The topological polar surface area (TPSA) is 12.0 Å². The Morgan fingerprint density at radius 1 is 1.05 bits per heavy atom. The minimum Gasteiger partial charge on any atom is -0.314 e. The zero-order valence-corrected chi connectivity index (χ0v) is 15.0. The zero-order chi connectivity index (χ0) is 15.0. The number of nitrogens with one attached hydrogen (secondary N) is 1. The minimum absolute atomic E-state index is 0.571. The van der Waals surface area contributed by atoms with E-state index in [2.05, 4.69) is 73.2 Å². The second-order valence-electron chi connectivity index (χ2n) is 6.55. The van der Waals surface area contributed by atoms with Gasteiger partial charge in [0.1, 0.15) is 0 Å². The molecule has 0 bridgehead atoms. The molecule has 0 saturated heterocycles. The van der Waals surface area contributed by atoms with Crippen LogP contribution in [0.2, 0.25) is 0 Å². The minimum atomic E-state index is 0.571. The molecule has 0 radical (unpaired) electrons. The van der Waals surface area contributed by atoms with Gasteiger partial charge in [-0.3, -0.25) is 0 Å². The van der Waals surface area contributed by atoms with E-state index in [0.717, 1.165) is 18.4 Å². The third-order valence-corrected chi connectivity index (χ3v) is 4.45. The number of halogens is 1. The summed E-state index contributed by atoms with van der Waals surface area (Å²) in [5, 5.41) is 3.61. The Bertz CT molecular complexity index is 373. The lowest BCUT2D eigenvalue weighted by molar-refractivity contribution is 0.393. The predicted octanol–water partition coefficient (Wildman–Crippen LogP) is 5.43. The van der Waals surface area contributed by atoms with Gasteiger partial charge in [0, 0.05) is 10.5 Å². The summed E-state index contributed by atoms with van der Waals surface area (Å²) in [5.41, 5.74) is 1.44. The van der Waals surface area contributed by atoms with Crippen molar-refractivity contribution in [2.24, 2.45) is 11.8 Å². The van der Waals surface area contributed by atoms with E-state index < -0.39 is 0 Å². The van der Waals surface area contributed by atoms with Crippen molar-refractivity contribution >= 4 is 15.9 Å². The highest BCUT2D eigenvalue weighted by atomic mass is 79.9. The maximum atomic E-state index is 3.68. The number of benzene rings is 1. The van der Waals surface area contributed by atoms with Crippen molar-refractivity contribution in [3.05, 3.63) is 34.3 Å². The van der Waals surface area contributed by atoms with E-state index in [1.807, 2.05) is 0 Å². The van der Waals surface area contributed by atoms with Crippen molar-refractivity contribution in [3.8, 4) is 0 Å². The smallest absolute Gasteiger partial charge is 0.0207 e. The summed E-state index contributed by atoms with van der Waals surface area (Å²) in [6, 6.07) is 9.20. The molecule has 0 aliphatic rings. The fraction of sp³-hybridized carbons (Fsp3) is 0.667. The molecule has 1 N–H and O–H groups in total. The Hall–Kier alpha value is -0.340. The highest BCUT2D eigenvalue weighted by molar-refractivity contribution is 9.10. The van der Waals surface area contributed by atoms with Gasteiger partial charge in [-0.15, -0.1) is 0 Å². The molecule has 1 aromatic rings. The summed E-state index contributed by atoms with van der Waals surface area (Å²) in [5.74, 6) is 1.55. The van der Waals surface area contributed by atoms with E-state index in [1.54, 1.807) is 0 Å². The SMILES string of the molecule is CC(C)CCCC(CNC(C)C)Cc1ccccc1Br. The van der Waals surface area contributed by atoms with Crippen molar-refractivity contribution < 1.29 is 0 Å². The molecule has 0 fully saturated rings. The van der Waals surface area contributed by atoms with Crippen LogP contribution in [0.25, 0.3) is 0 Å². The largest absolute Gasteiger partial charge is 0.314 e. The maximum Gasteiger partial charge on any atom is 0.0207 e. The summed E-state index contributed by atoms with van der Waals surface area (Å²) in [6.45, 7) is 10.2. The van der Waals surface area contributed by atoms with Crippen LogP contribution in [0, 0.1) is 11.8 Å². The summed E-state index contributed by atoms with van der Waals surface area (Å²) in [7, 11) is 0. The van der Waals surface area contributed by atoms with Crippen molar-refractivity contribution in [1.82, 2.24) is 5.32 Å². The summed E-state index contributed by atoms with van der Waals surface area (Å²) in [6.07, 6.45) is 5.17. The molecule has 0 amide bonds. The molecule has 1 rings (SSSR count). The van der Waals surface area contributed by atoms with Gasteiger partial charge in [-0.1, -0.05) is 74.7 Å². The van der Waals surface area contributed by atoms with Gasteiger partial charge < -0.3 is 5.32 Å². The predicted molar refractivity (Wildman–Crippen MR) is 93.2 cm³/mol. The Morgan fingerprint density at radius 2 is 1.75 bits per heavy atom. The second-order valence-corrected chi connectivity index (χ2v) is 7.40. The zero-order valence-electron chi connectivity index (χ0n) is 13.5. The van der Waals surface area contributed by atoms with Crippen molar-refractivity contribution in [3.63, 3.8) is 0 Å². The Kier molecular flexibility index (Phi) is 8.47. The molecule has 20 heavy (non-hydrogen) atoms. The van der Waals surface area contributed by atoms with E-state index in [0.29, 0.717) is 6.04 Å². The Morgan fingerprint density at radius 3 is 2.35 bits per heavy atom. The molecule has 1 nitrogen and oxygen atoms in total. The van der Waals surface area contributed by atoms with Gasteiger partial charge in [-0.2, -0.15) is 0 Å². The van der Waals surface area contributed by atoms with Crippen LogP contribution in [0.5, 0.6) is 0 Å². The van der Waals surface area contributed by atoms with Crippen LogP contribution in [0.4, 0.5) is 0 Å². The standard InChI is InChI=1S/C18H30BrN/c1-14(2)8-7-9-16(13-20-15(3)4)12-17-10-5-6-11-18(17)19/h5-6,10-11,14-16,20H,7-9,12-13H2,1-4H3. The number of rotatable bonds is 9. The molecule has 0 spiro atoms. The first-order chi connectivity index (χ1) is 9.49. The van der Waals surface area contributed by atoms with Gasteiger partial charge in [0.15, 0.2) is 0 Å². The van der Waals surface area contributed by atoms with Crippen LogP contribution in [-0.4, -0.2) is 12.6 Å². The van der Waals surface area contributed by atoms with Crippen LogP contribution in [0.15, 0.2) is 28.7 Å². The molecule has 1 aromatic carbocycles. The normalized spacial score (nSPS) is 13.2. The van der Waals surface area contributed by atoms with Crippen molar-refractivity contribution in [1.29, 1.82) is 0 Å². The third kappa shape index (κ3) is 7.44. The lowest BCUT2D eigenvalue weighted by Crippen LogP contribution is -2.30. The summed E-state index contributed by atoms with van der Waals surface area (Å²) in [4.78, 5) is 0. The highest BCUT2D eigenvalue weighted by Crippen LogP contribution is 2.22. The maximum absolute atomic E-state index is 3.68. The lowest BCUT2D eigenvalue weighted by Gasteiger charge is -2.20. The first kappa shape index (κ1) is 17.7. The van der Waals surface area contributed by atoms with Crippen LogP contribution in [0.1, 0.15) is 52.5 Å². The van der Waals surface area contributed by atoms with Crippen LogP contribution < -0.4 is 5.32 Å². The molecule has 2 heteroatoms. The quantitative estimate of drug-likeness (QED) is 0.632. The first-order valence-corrected chi connectivity index (χ1v) is 8.75. The van der Waals surface area contributed by atoms with Gasteiger partial charge in [-0.25, -0.2) is 0 Å². The van der Waals surface area contributed by atoms with E-state index >= 15 is 0 Å². The molecule has 0 aliphatic carbocycles. The summed E-state index contributed by atoms with van der Waals surface area (Å²) >= 11 is 3.68. The van der Waals surface area contributed by atoms with Gasteiger partial charge in [0.05, 0.1) is 0 Å². The highest BCUT2D eigenvalue weighted by Gasteiger charge is 2.12. The molecular weight excluding hydrogens is 310 g/mol. The van der Waals surface area contributed by atoms with Crippen LogP contribution in [-0.2, 0) is 6.42 Å². The van der Waals surface area contributed by atoms with E-state index in [1.165, 1.54) is 35.7 Å². The Balaban J connectivity index is 2.54. The van der Waals surface area contributed by atoms with Crippen molar-refractivity contribution in [2.45, 2.75) is 59.4 Å². The lowest BCUT2D eigenvalue weighted by atomic mass is 9.92. The molecule has 0 heterocycles. The van der Waals surface area contributed by atoms with E-state index in [4.69, 9.17) is 0 Å². The molecule has 114 valence electrons. The van der Waals surface area contributed by atoms with Crippen LogP contribution >= 0.6 is 15.9 Å². The van der Waals surface area contributed by atoms with Gasteiger partial charge in [0.2, 0.25) is 0 Å². The number of hydrogen-bond acceptors (Lipinski definition) is 1. The third-order valence-electron chi connectivity index (χ3n) is 3.68. The average molecular weight is 340 g/mol. The van der Waals surface area contributed by atoms with Gasteiger partial charge >= 0.3 is 0 Å². The Labute approximate surface area is 133 Å². The van der Waals surface area contributed by atoms with Gasteiger partial charge in [-0.05, 0) is 42.9 Å².